The molecule has 7 heteroatoms. The predicted octanol–water partition coefficient (Wildman–Crippen LogP) is 2.61. The van der Waals surface area contributed by atoms with Crippen molar-refractivity contribution in [3.63, 3.8) is 0 Å². The van der Waals surface area contributed by atoms with E-state index in [0.29, 0.717) is 18.8 Å². The first-order valence-corrected chi connectivity index (χ1v) is 11.5. The van der Waals surface area contributed by atoms with Crippen LogP contribution in [0.2, 0.25) is 0 Å². The highest BCUT2D eigenvalue weighted by molar-refractivity contribution is 7.99. The first kappa shape index (κ1) is 18.7. The van der Waals surface area contributed by atoms with Crippen molar-refractivity contribution >= 4 is 34.3 Å². The first-order valence-electron chi connectivity index (χ1n) is 8.94. The van der Waals surface area contributed by atoms with E-state index in [2.05, 4.69) is 16.3 Å². The van der Waals surface area contributed by atoms with Crippen molar-refractivity contribution in [2.24, 2.45) is 0 Å². The first-order chi connectivity index (χ1) is 12.1. The van der Waals surface area contributed by atoms with Crippen molar-refractivity contribution in [2.45, 2.75) is 25.1 Å². The predicted molar refractivity (Wildman–Crippen MR) is 107 cm³/mol. The Bertz CT molecular complexity index is 620. The molecule has 0 radical (unpaired) electrons. The fourth-order valence-electron chi connectivity index (χ4n) is 3.16. The largest absolute Gasteiger partial charge is 0.324 e. The third-order valence-corrected chi connectivity index (χ3v) is 7.52. The number of rotatable bonds is 3. The topological polar surface area (TPSA) is 52.7 Å². The summed E-state index contributed by atoms with van der Waals surface area (Å²) in [5.41, 5.74) is 2.05. The molecule has 2 heterocycles. The number of hydrogen-bond acceptors (Lipinski definition) is 4. The van der Waals surface area contributed by atoms with Gasteiger partial charge in [0.25, 0.3) is 0 Å². The zero-order valence-corrected chi connectivity index (χ0v) is 16.4. The highest BCUT2D eigenvalue weighted by Gasteiger charge is 2.23. The van der Waals surface area contributed by atoms with Crippen molar-refractivity contribution in [1.29, 1.82) is 0 Å². The molecule has 25 heavy (non-hydrogen) atoms. The second-order valence-electron chi connectivity index (χ2n) is 6.65. The van der Waals surface area contributed by atoms with Crippen molar-refractivity contribution < 1.29 is 9.00 Å². The Morgan fingerprint density at radius 1 is 1.24 bits per heavy atom. The SMILES string of the molecule is CC1CCN(C(=O)Nc2ccccc2CN2CCSCC2)CCS1=O. The quantitative estimate of drug-likeness (QED) is 0.874. The average Bonchev–Trinajstić information content (AvgIpc) is 2.79. The van der Waals surface area contributed by atoms with Gasteiger partial charge in [-0.1, -0.05) is 25.1 Å². The lowest BCUT2D eigenvalue weighted by molar-refractivity contribution is 0.215. The standard InChI is InChI=1S/C18H27N3O2S2/c1-15-6-7-21(10-13-25(15)23)18(22)19-17-5-3-2-4-16(17)14-20-8-11-24-12-9-20/h2-5,15H,6-14H2,1H3,(H,19,22). The summed E-state index contributed by atoms with van der Waals surface area (Å²) in [5.74, 6) is 2.93. The highest BCUT2D eigenvalue weighted by Crippen LogP contribution is 2.20. The Morgan fingerprint density at radius 3 is 2.80 bits per heavy atom. The van der Waals surface area contributed by atoms with Crippen molar-refractivity contribution in [1.82, 2.24) is 9.80 Å². The minimum atomic E-state index is -0.826. The number of carbonyl (C=O) groups excluding carboxylic acids is 1. The van der Waals surface area contributed by atoms with E-state index in [4.69, 9.17) is 0 Å². The van der Waals surface area contributed by atoms with Crippen molar-refractivity contribution in [2.75, 3.05) is 48.8 Å². The van der Waals surface area contributed by atoms with Gasteiger partial charge in [0.15, 0.2) is 0 Å². The number of thioether (sulfide) groups is 1. The Morgan fingerprint density at radius 2 is 2.00 bits per heavy atom. The summed E-state index contributed by atoms with van der Waals surface area (Å²) in [6, 6.07) is 7.99. The molecule has 1 aromatic rings. The van der Waals surface area contributed by atoms with Gasteiger partial charge in [-0.05, 0) is 18.1 Å². The van der Waals surface area contributed by atoms with Crippen molar-refractivity contribution in [3.05, 3.63) is 29.8 Å². The summed E-state index contributed by atoms with van der Waals surface area (Å²) in [5, 5.41) is 3.25. The number of anilines is 1. The maximum absolute atomic E-state index is 12.7. The van der Waals surface area contributed by atoms with Crippen LogP contribution in [-0.4, -0.2) is 68.7 Å². The molecule has 0 spiro atoms. The third kappa shape index (κ3) is 5.21. The zero-order valence-electron chi connectivity index (χ0n) is 14.8. The van der Waals surface area contributed by atoms with Crippen LogP contribution in [0.15, 0.2) is 24.3 Å². The van der Waals surface area contributed by atoms with Gasteiger partial charge in [0.05, 0.1) is 0 Å². The van der Waals surface area contributed by atoms with E-state index < -0.39 is 10.8 Å². The van der Waals surface area contributed by atoms with Crippen LogP contribution in [0.25, 0.3) is 0 Å². The molecule has 0 saturated carbocycles. The van der Waals surface area contributed by atoms with E-state index >= 15 is 0 Å². The number of nitrogens with one attached hydrogen (secondary N) is 1. The van der Waals surface area contributed by atoms with Crippen molar-refractivity contribution in [3.8, 4) is 0 Å². The van der Waals surface area contributed by atoms with Crippen LogP contribution in [0.4, 0.5) is 10.5 Å². The molecular formula is C18H27N3O2S2. The minimum absolute atomic E-state index is 0.0762. The van der Waals surface area contributed by atoms with E-state index in [1.54, 1.807) is 4.90 Å². The number of urea groups is 1. The molecule has 2 aliphatic rings. The third-order valence-electron chi connectivity index (χ3n) is 4.86. The zero-order chi connectivity index (χ0) is 17.6. The van der Waals surface area contributed by atoms with Crippen LogP contribution in [-0.2, 0) is 17.3 Å². The molecule has 138 valence electrons. The summed E-state index contributed by atoms with van der Waals surface area (Å²) in [6.45, 7) is 6.31. The van der Waals surface area contributed by atoms with Gasteiger partial charge in [-0.3, -0.25) is 9.11 Å². The summed E-state index contributed by atoms with van der Waals surface area (Å²) in [4.78, 5) is 16.9. The number of hydrogen-bond donors (Lipinski definition) is 1. The molecule has 1 aromatic carbocycles. The lowest BCUT2D eigenvalue weighted by atomic mass is 10.1. The summed E-state index contributed by atoms with van der Waals surface area (Å²) in [7, 11) is -0.826. The summed E-state index contributed by atoms with van der Waals surface area (Å²) >= 11 is 2.00. The minimum Gasteiger partial charge on any atom is -0.324 e. The Balaban J connectivity index is 1.63. The van der Waals surface area contributed by atoms with E-state index in [1.807, 2.05) is 36.9 Å². The molecule has 2 unspecified atom stereocenters. The van der Waals surface area contributed by atoms with Gasteiger partial charge in [0.2, 0.25) is 0 Å². The lowest BCUT2D eigenvalue weighted by Gasteiger charge is -2.27. The smallest absolute Gasteiger partial charge is 0.321 e. The van der Waals surface area contributed by atoms with Gasteiger partial charge >= 0.3 is 6.03 Å². The Kier molecular flexibility index (Phi) is 6.78. The molecule has 5 nitrogen and oxygen atoms in total. The Labute approximate surface area is 157 Å². The van der Waals surface area contributed by atoms with E-state index in [9.17, 15) is 9.00 Å². The molecule has 0 bridgehead atoms. The maximum Gasteiger partial charge on any atom is 0.321 e. The van der Waals surface area contributed by atoms with Crippen LogP contribution in [0.5, 0.6) is 0 Å². The lowest BCUT2D eigenvalue weighted by Crippen LogP contribution is -2.37. The molecule has 0 aromatic heterocycles. The normalized spacial score (nSPS) is 25.4. The van der Waals surface area contributed by atoms with E-state index in [0.717, 1.165) is 37.3 Å². The number of benzene rings is 1. The van der Waals surface area contributed by atoms with Crippen LogP contribution < -0.4 is 5.32 Å². The molecule has 2 amide bonds. The Hall–Kier alpha value is -1.05. The van der Waals surface area contributed by atoms with Gasteiger partial charge in [0, 0.05) is 71.7 Å². The molecule has 3 rings (SSSR count). The van der Waals surface area contributed by atoms with E-state index in [-0.39, 0.29) is 11.3 Å². The van der Waals surface area contributed by atoms with Gasteiger partial charge in [0.1, 0.15) is 0 Å². The molecule has 0 aliphatic carbocycles. The van der Waals surface area contributed by atoms with Gasteiger partial charge in [-0.15, -0.1) is 0 Å². The molecule has 1 N–H and O–H groups in total. The second-order valence-corrected chi connectivity index (χ2v) is 9.85. The van der Waals surface area contributed by atoms with E-state index in [1.165, 1.54) is 11.5 Å². The summed E-state index contributed by atoms with van der Waals surface area (Å²) < 4.78 is 12.0. The summed E-state index contributed by atoms with van der Waals surface area (Å²) in [6.07, 6.45) is 0.799. The second kappa shape index (κ2) is 9.05. The molecule has 2 atom stereocenters. The number of carbonyl (C=O) groups is 1. The fourth-order valence-corrected chi connectivity index (χ4v) is 5.31. The molecular weight excluding hydrogens is 354 g/mol. The van der Waals surface area contributed by atoms with Crippen LogP contribution in [0.1, 0.15) is 18.9 Å². The average molecular weight is 382 g/mol. The molecule has 2 fully saturated rings. The van der Waals surface area contributed by atoms with Crippen LogP contribution in [0.3, 0.4) is 0 Å². The van der Waals surface area contributed by atoms with Gasteiger partial charge in [-0.2, -0.15) is 11.8 Å². The number of amides is 2. The van der Waals surface area contributed by atoms with Gasteiger partial charge < -0.3 is 10.2 Å². The fraction of sp³-hybridized carbons (Fsp3) is 0.611. The number of nitrogens with zero attached hydrogens (tertiary/aromatic N) is 2. The maximum atomic E-state index is 12.7. The van der Waals surface area contributed by atoms with Crippen LogP contribution >= 0.6 is 11.8 Å². The molecule has 2 saturated heterocycles. The van der Waals surface area contributed by atoms with Gasteiger partial charge in [-0.25, -0.2) is 4.79 Å². The monoisotopic (exact) mass is 381 g/mol. The molecule has 2 aliphatic heterocycles. The van der Waals surface area contributed by atoms with Crippen LogP contribution in [0, 0.1) is 0 Å². The number of para-hydroxylation sites is 1. The highest BCUT2D eigenvalue weighted by atomic mass is 32.2.